The fourth-order valence-electron chi connectivity index (χ4n) is 4.62. The quantitative estimate of drug-likeness (QED) is 0.127. The van der Waals surface area contributed by atoms with Crippen molar-refractivity contribution in [1.82, 2.24) is 4.98 Å². The van der Waals surface area contributed by atoms with Crippen LogP contribution in [0.3, 0.4) is 0 Å². The van der Waals surface area contributed by atoms with Crippen molar-refractivity contribution in [1.29, 1.82) is 0 Å². The van der Waals surface area contributed by atoms with Crippen LogP contribution in [0.15, 0.2) is 66.2 Å². The third-order valence-corrected chi connectivity index (χ3v) is 8.06. The second kappa shape index (κ2) is 11.8. The Morgan fingerprint density at radius 2 is 1.78 bits per heavy atom. The van der Waals surface area contributed by atoms with Crippen LogP contribution < -0.4 is 19.1 Å². The van der Waals surface area contributed by atoms with E-state index in [9.17, 15) is 14.7 Å². The summed E-state index contributed by atoms with van der Waals surface area (Å²) in [6.45, 7) is 4.74. The number of benzene rings is 3. The maximum atomic E-state index is 13.6. The first-order valence-corrected chi connectivity index (χ1v) is 14.2. The van der Waals surface area contributed by atoms with Crippen molar-refractivity contribution in [3.63, 3.8) is 0 Å². The van der Waals surface area contributed by atoms with Crippen LogP contribution in [0.5, 0.6) is 17.2 Å². The van der Waals surface area contributed by atoms with E-state index in [1.54, 1.807) is 60.7 Å². The van der Waals surface area contributed by atoms with Crippen molar-refractivity contribution in [3.8, 4) is 17.2 Å². The number of nitrogens with zero attached hydrogens (tertiary/aromatic N) is 2. The number of halogens is 1. The number of ether oxygens (including phenoxy) is 3. The van der Waals surface area contributed by atoms with Crippen LogP contribution in [-0.2, 0) is 9.59 Å². The minimum absolute atomic E-state index is 0.0621. The number of rotatable bonds is 9. The number of carbonyl (C=O) groups excluding carboxylic acids is 2. The van der Waals surface area contributed by atoms with E-state index in [2.05, 4.69) is 18.8 Å². The van der Waals surface area contributed by atoms with Gasteiger partial charge in [-0.2, -0.15) is 0 Å². The fourth-order valence-corrected chi connectivity index (χ4v) is 5.89. The molecular weight excluding hydrogens is 564 g/mol. The van der Waals surface area contributed by atoms with Gasteiger partial charge in [-0.1, -0.05) is 42.9 Å². The number of ketones is 1. The highest BCUT2D eigenvalue weighted by molar-refractivity contribution is 7.22. The molecule has 1 amide bonds. The zero-order valence-electron chi connectivity index (χ0n) is 23.0. The lowest BCUT2D eigenvalue weighted by molar-refractivity contribution is -0.132. The van der Waals surface area contributed by atoms with Crippen LogP contribution in [0, 0.1) is 5.92 Å². The van der Waals surface area contributed by atoms with Crippen LogP contribution in [0.4, 0.5) is 5.13 Å². The number of amides is 1. The van der Waals surface area contributed by atoms with Crippen LogP contribution >= 0.6 is 22.9 Å². The highest BCUT2D eigenvalue weighted by Crippen LogP contribution is 2.46. The molecule has 5 rings (SSSR count). The van der Waals surface area contributed by atoms with Crippen LogP contribution in [0.2, 0.25) is 5.02 Å². The maximum Gasteiger partial charge on any atom is 0.301 e. The van der Waals surface area contributed by atoms with Gasteiger partial charge in [0, 0.05) is 10.6 Å². The van der Waals surface area contributed by atoms with Gasteiger partial charge in [-0.25, -0.2) is 4.98 Å². The molecule has 0 aliphatic carbocycles. The van der Waals surface area contributed by atoms with Gasteiger partial charge in [-0.3, -0.25) is 14.5 Å². The number of aliphatic hydroxyl groups excluding tert-OH is 1. The van der Waals surface area contributed by atoms with Crippen molar-refractivity contribution in [2.75, 3.05) is 25.7 Å². The summed E-state index contributed by atoms with van der Waals surface area (Å²) in [4.78, 5) is 33.1. The predicted molar refractivity (Wildman–Crippen MR) is 160 cm³/mol. The van der Waals surface area contributed by atoms with Crippen molar-refractivity contribution in [2.45, 2.75) is 26.3 Å². The Labute approximate surface area is 246 Å². The Balaban J connectivity index is 1.66. The van der Waals surface area contributed by atoms with Crippen molar-refractivity contribution in [2.24, 2.45) is 5.92 Å². The van der Waals surface area contributed by atoms with E-state index >= 15 is 0 Å². The SMILES string of the molecule is COc1ccc(/C(O)=C2\C(=O)C(=O)N(c3nc4ccc(Cl)cc4s3)C2c2ccc(OCCC(C)C)c(OC)c2)cc1. The number of Topliss-reactive ketones (excluding diaryl/α,β-unsaturated/α-hetero) is 1. The fraction of sp³-hybridized carbons (Fsp3) is 0.258. The molecule has 1 aliphatic heterocycles. The van der Waals surface area contributed by atoms with E-state index in [1.807, 2.05) is 0 Å². The van der Waals surface area contributed by atoms with E-state index in [0.29, 0.717) is 56.6 Å². The van der Waals surface area contributed by atoms with Crippen molar-refractivity contribution >= 4 is 55.7 Å². The number of anilines is 1. The van der Waals surface area contributed by atoms with Gasteiger partial charge < -0.3 is 19.3 Å². The van der Waals surface area contributed by atoms with Gasteiger partial charge in [0.2, 0.25) is 0 Å². The van der Waals surface area contributed by atoms with E-state index < -0.39 is 17.7 Å². The highest BCUT2D eigenvalue weighted by atomic mass is 35.5. The zero-order chi connectivity index (χ0) is 29.3. The first-order chi connectivity index (χ1) is 19.7. The molecule has 10 heteroatoms. The number of fused-ring (bicyclic) bond motifs is 1. The molecule has 2 heterocycles. The molecule has 4 aromatic rings. The van der Waals surface area contributed by atoms with Crippen LogP contribution in [-0.4, -0.2) is 42.6 Å². The number of carbonyl (C=O) groups is 2. The third-order valence-electron chi connectivity index (χ3n) is 6.81. The largest absolute Gasteiger partial charge is 0.507 e. The molecule has 0 saturated carbocycles. The molecule has 0 bridgehead atoms. The number of hydrogen-bond donors (Lipinski definition) is 1. The topological polar surface area (TPSA) is 98.2 Å². The van der Waals surface area contributed by atoms with E-state index in [1.165, 1.54) is 30.5 Å². The molecule has 212 valence electrons. The first-order valence-electron chi connectivity index (χ1n) is 13.0. The molecular formula is C31H29ClN2O6S. The lowest BCUT2D eigenvalue weighted by atomic mass is 9.95. The Hall–Kier alpha value is -4.08. The second-order valence-electron chi connectivity index (χ2n) is 9.95. The molecule has 41 heavy (non-hydrogen) atoms. The maximum absolute atomic E-state index is 13.6. The van der Waals surface area contributed by atoms with Gasteiger partial charge in [-0.15, -0.1) is 0 Å². The molecule has 1 N–H and O–H groups in total. The Bertz CT molecular complexity index is 1650. The van der Waals surface area contributed by atoms with Gasteiger partial charge in [0.05, 0.1) is 42.7 Å². The minimum Gasteiger partial charge on any atom is -0.507 e. The Morgan fingerprint density at radius 3 is 2.46 bits per heavy atom. The van der Waals surface area contributed by atoms with Gasteiger partial charge in [-0.05, 0) is 72.5 Å². The molecule has 0 spiro atoms. The van der Waals surface area contributed by atoms with Crippen molar-refractivity contribution < 1.29 is 28.9 Å². The molecule has 8 nitrogen and oxygen atoms in total. The Morgan fingerprint density at radius 1 is 1.02 bits per heavy atom. The van der Waals surface area contributed by atoms with Gasteiger partial charge in [0.25, 0.3) is 5.78 Å². The standard InChI is InChI=1S/C31H29ClN2O6S/c1-17(2)13-14-40-23-12-7-19(15-24(23)39-4)27-26(28(35)18-5-9-21(38-3)10-6-18)29(36)30(37)34(27)31-33-22-11-8-20(32)16-25(22)41-31/h5-12,15-17,27,35H,13-14H2,1-4H3/b28-26+. The summed E-state index contributed by atoms with van der Waals surface area (Å²) in [5, 5.41) is 12.3. The molecule has 1 aliphatic rings. The lowest BCUT2D eigenvalue weighted by Crippen LogP contribution is -2.29. The van der Waals surface area contributed by atoms with Crippen molar-refractivity contribution in [3.05, 3.63) is 82.4 Å². The molecule has 3 aromatic carbocycles. The number of thiazole rings is 1. The van der Waals surface area contributed by atoms with Crippen LogP contribution in [0.25, 0.3) is 16.0 Å². The normalized spacial score (nSPS) is 16.5. The average Bonchev–Trinajstić information content (AvgIpc) is 3.50. The summed E-state index contributed by atoms with van der Waals surface area (Å²) in [6.07, 6.45) is 0.870. The third kappa shape index (κ3) is 5.60. The van der Waals surface area contributed by atoms with E-state index in [-0.39, 0.29) is 11.3 Å². The zero-order valence-corrected chi connectivity index (χ0v) is 24.6. The highest BCUT2D eigenvalue weighted by Gasteiger charge is 2.48. The summed E-state index contributed by atoms with van der Waals surface area (Å²) in [7, 11) is 3.06. The minimum atomic E-state index is -0.980. The number of aliphatic hydroxyl groups is 1. The first kappa shape index (κ1) is 28.4. The molecule has 1 unspecified atom stereocenters. The average molecular weight is 593 g/mol. The number of hydrogen-bond acceptors (Lipinski definition) is 8. The second-order valence-corrected chi connectivity index (χ2v) is 11.4. The molecule has 1 atom stereocenters. The van der Waals surface area contributed by atoms with E-state index in [4.69, 9.17) is 25.8 Å². The summed E-state index contributed by atoms with van der Waals surface area (Å²) in [5.41, 5.74) is 1.49. The van der Waals surface area contributed by atoms with Gasteiger partial charge in [0.1, 0.15) is 11.5 Å². The molecule has 0 radical (unpaired) electrons. The van der Waals surface area contributed by atoms with E-state index in [0.717, 1.165) is 11.1 Å². The smallest absolute Gasteiger partial charge is 0.301 e. The molecule has 1 saturated heterocycles. The van der Waals surface area contributed by atoms with Gasteiger partial charge >= 0.3 is 5.91 Å². The Kier molecular flexibility index (Phi) is 8.19. The summed E-state index contributed by atoms with van der Waals surface area (Å²) < 4.78 is 17.6. The predicted octanol–water partition coefficient (Wildman–Crippen LogP) is 7.02. The summed E-state index contributed by atoms with van der Waals surface area (Å²) in [6, 6.07) is 16.1. The summed E-state index contributed by atoms with van der Waals surface area (Å²) in [5.74, 6) is 0.115. The lowest BCUT2D eigenvalue weighted by Gasteiger charge is -2.24. The molecule has 1 fully saturated rings. The monoisotopic (exact) mass is 592 g/mol. The van der Waals surface area contributed by atoms with Crippen LogP contribution in [0.1, 0.15) is 37.4 Å². The number of methoxy groups -OCH3 is 2. The summed E-state index contributed by atoms with van der Waals surface area (Å²) >= 11 is 7.42. The van der Waals surface area contributed by atoms with Gasteiger partial charge in [0.15, 0.2) is 16.6 Å². The number of aromatic nitrogens is 1. The molecule has 1 aromatic heterocycles.